The zero-order valence-corrected chi connectivity index (χ0v) is 17.2. The second kappa shape index (κ2) is 10.9. The van der Waals surface area contributed by atoms with E-state index in [1.54, 1.807) is 19.2 Å². The molecule has 1 aliphatic rings. The Labute approximate surface area is 173 Å². The lowest BCUT2D eigenvalue weighted by molar-refractivity contribution is -0.297. The van der Waals surface area contributed by atoms with Crippen molar-refractivity contribution in [2.24, 2.45) is 0 Å². The highest BCUT2D eigenvalue weighted by Crippen LogP contribution is 2.28. The first-order chi connectivity index (χ1) is 14.2. The Morgan fingerprint density at radius 1 is 0.900 bits per heavy atom. The monoisotopic (exact) mass is 426 g/mol. The predicted octanol–water partition coefficient (Wildman–Crippen LogP) is 0.724. The summed E-state index contributed by atoms with van der Waals surface area (Å²) in [7, 11) is 1.56. The van der Waals surface area contributed by atoms with Gasteiger partial charge in [0.25, 0.3) is 0 Å². The molecule has 0 unspecified atom stereocenters. The lowest BCUT2D eigenvalue weighted by Crippen LogP contribution is -2.62. The van der Waals surface area contributed by atoms with Crippen LogP contribution in [-0.4, -0.2) is 67.4 Å². The molecule has 2 rings (SSSR count). The average Bonchev–Trinajstić information content (AvgIpc) is 2.67. The van der Waals surface area contributed by atoms with Gasteiger partial charge in [-0.2, -0.15) is 0 Å². The molecule has 1 heterocycles. The molecule has 1 fully saturated rings. The van der Waals surface area contributed by atoms with Crippen LogP contribution < -0.4 is 4.74 Å². The average molecular weight is 426 g/mol. The number of rotatable bonds is 8. The fourth-order valence-corrected chi connectivity index (χ4v) is 3.02. The van der Waals surface area contributed by atoms with E-state index in [1.807, 2.05) is 12.1 Å². The quantitative estimate of drug-likeness (QED) is 0.469. The number of carbonyl (C=O) groups is 3. The van der Waals surface area contributed by atoms with Gasteiger partial charge >= 0.3 is 17.9 Å². The molecule has 1 aromatic rings. The van der Waals surface area contributed by atoms with Gasteiger partial charge in [0.2, 0.25) is 0 Å². The Morgan fingerprint density at radius 3 is 1.97 bits per heavy atom. The molecule has 10 nitrogen and oxygen atoms in total. The molecule has 0 amide bonds. The van der Waals surface area contributed by atoms with E-state index in [9.17, 15) is 19.5 Å². The van der Waals surface area contributed by atoms with Crippen molar-refractivity contribution in [1.29, 1.82) is 0 Å². The van der Waals surface area contributed by atoms with Crippen LogP contribution >= 0.6 is 0 Å². The first-order valence-corrected chi connectivity index (χ1v) is 9.27. The van der Waals surface area contributed by atoms with Crippen molar-refractivity contribution in [3.05, 3.63) is 29.8 Å². The van der Waals surface area contributed by atoms with Gasteiger partial charge < -0.3 is 33.5 Å². The second-order valence-electron chi connectivity index (χ2n) is 6.65. The fraction of sp³-hybridized carbons (Fsp3) is 0.550. The Bertz CT molecular complexity index is 732. The largest absolute Gasteiger partial charge is 0.497 e. The molecule has 0 radical (unpaired) electrons. The minimum Gasteiger partial charge on any atom is -0.497 e. The number of hydrogen-bond donors (Lipinski definition) is 1. The van der Waals surface area contributed by atoms with Crippen LogP contribution in [0.1, 0.15) is 26.3 Å². The summed E-state index contributed by atoms with van der Waals surface area (Å²) in [5, 5.41) is 10.3. The standard InChI is InChI=1S/C20H26O10/c1-11(21)27-17-16(10-26-9-14-5-7-15(25-4)8-6-14)30-20(24)19(29-13(3)23)18(17)28-12(2)22/h5-8,16-20,24H,9-10H2,1-4H3/t16-,17-,18+,19-,20-/m1/s1. The number of hydrogen-bond acceptors (Lipinski definition) is 10. The van der Waals surface area contributed by atoms with Crippen LogP contribution in [0.3, 0.4) is 0 Å². The zero-order chi connectivity index (χ0) is 22.3. The molecule has 0 saturated carbocycles. The molecule has 30 heavy (non-hydrogen) atoms. The maximum atomic E-state index is 11.6. The second-order valence-corrected chi connectivity index (χ2v) is 6.65. The van der Waals surface area contributed by atoms with E-state index in [2.05, 4.69) is 0 Å². The first kappa shape index (κ1) is 23.6. The van der Waals surface area contributed by atoms with Gasteiger partial charge in [-0.15, -0.1) is 0 Å². The molecule has 0 bridgehead atoms. The Morgan fingerprint density at radius 2 is 1.43 bits per heavy atom. The molecule has 1 saturated heterocycles. The smallest absolute Gasteiger partial charge is 0.303 e. The summed E-state index contributed by atoms with van der Waals surface area (Å²) in [6, 6.07) is 7.19. The molecule has 0 aliphatic carbocycles. The van der Waals surface area contributed by atoms with Crippen molar-refractivity contribution in [1.82, 2.24) is 0 Å². The topological polar surface area (TPSA) is 127 Å². The number of carbonyl (C=O) groups excluding carboxylic acids is 3. The van der Waals surface area contributed by atoms with E-state index < -0.39 is 48.6 Å². The Kier molecular flexibility index (Phi) is 8.58. The van der Waals surface area contributed by atoms with Gasteiger partial charge in [0.15, 0.2) is 24.6 Å². The summed E-state index contributed by atoms with van der Waals surface area (Å²) in [6.07, 6.45) is -6.38. The van der Waals surface area contributed by atoms with Crippen molar-refractivity contribution in [3.8, 4) is 5.75 Å². The number of benzene rings is 1. The number of aliphatic hydroxyl groups excluding tert-OH is 1. The van der Waals surface area contributed by atoms with E-state index in [4.69, 9.17) is 28.4 Å². The van der Waals surface area contributed by atoms with Crippen LogP contribution in [-0.2, 0) is 44.7 Å². The van der Waals surface area contributed by atoms with Crippen LogP contribution in [0, 0.1) is 0 Å². The summed E-state index contributed by atoms with van der Waals surface area (Å²) in [5.74, 6) is -1.40. The third-order valence-electron chi connectivity index (χ3n) is 4.23. The SMILES string of the molecule is COc1ccc(COC[C@H]2O[C@@H](O)[C@H](OC(C)=O)[C@@H](OC(C)=O)[C@@H]2OC(C)=O)cc1. The minimum absolute atomic E-state index is 0.0917. The van der Waals surface area contributed by atoms with Crippen molar-refractivity contribution >= 4 is 17.9 Å². The third kappa shape index (κ3) is 6.68. The molecule has 1 N–H and O–H groups in total. The van der Waals surface area contributed by atoms with E-state index in [1.165, 1.54) is 6.92 Å². The highest BCUT2D eigenvalue weighted by molar-refractivity contribution is 5.68. The summed E-state index contributed by atoms with van der Waals surface area (Å²) >= 11 is 0. The van der Waals surface area contributed by atoms with Gasteiger partial charge in [0.05, 0.1) is 20.3 Å². The summed E-state index contributed by atoms with van der Waals surface area (Å²) < 4.78 is 31.7. The third-order valence-corrected chi connectivity index (χ3v) is 4.23. The van der Waals surface area contributed by atoms with Crippen molar-refractivity contribution in [3.63, 3.8) is 0 Å². The number of esters is 3. The van der Waals surface area contributed by atoms with Crippen LogP contribution in [0.5, 0.6) is 5.75 Å². The van der Waals surface area contributed by atoms with Crippen LogP contribution in [0.15, 0.2) is 24.3 Å². The lowest BCUT2D eigenvalue weighted by Gasteiger charge is -2.42. The summed E-state index contributed by atoms with van der Waals surface area (Å²) in [4.78, 5) is 34.6. The van der Waals surface area contributed by atoms with E-state index >= 15 is 0 Å². The molecule has 1 aliphatic heterocycles. The fourth-order valence-electron chi connectivity index (χ4n) is 3.02. The molecule has 0 aromatic heterocycles. The van der Waals surface area contributed by atoms with Crippen LogP contribution in [0.25, 0.3) is 0 Å². The summed E-state index contributed by atoms with van der Waals surface area (Å²) in [5.41, 5.74) is 0.852. The van der Waals surface area contributed by atoms with Crippen LogP contribution in [0.2, 0.25) is 0 Å². The molecule has 10 heteroatoms. The number of methoxy groups -OCH3 is 1. The molecule has 0 spiro atoms. The van der Waals surface area contributed by atoms with Gasteiger partial charge in [0, 0.05) is 20.8 Å². The molecule has 5 atom stereocenters. The van der Waals surface area contributed by atoms with Gasteiger partial charge in [0.1, 0.15) is 11.9 Å². The van der Waals surface area contributed by atoms with Gasteiger partial charge in [-0.3, -0.25) is 14.4 Å². The Hall–Kier alpha value is -2.69. The van der Waals surface area contributed by atoms with Crippen molar-refractivity contribution in [2.45, 2.75) is 58.1 Å². The first-order valence-electron chi connectivity index (χ1n) is 9.27. The van der Waals surface area contributed by atoms with E-state index in [0.717, 1.165) is 19.4 Å². The van der Waals surface area contributed by atoms with Gasteiger partial charge in [-0.05, 0) is 17.7 Å². The molecule has 1 aromatic carbocycles. The maximum absolute atomic E-state index is 11.6. The normalized spacial score (nSPS) is 25.8. The maximum Gasteiger partial charge on any atom is 0.303 e. The van der Waals surface area contributed by atoms with Crippen molar-refractivity contribution < 1.29 is 47.9 Å². The molecular weight excluding hydrogens is 400 g/mol. The number of ether oxygens (including phenoxy) is 6. The predicted molar refractivity (Wildman–Crippen MR) is 100 cm³/mol. The summed E-state index contributed by atoms with van der Waals surface area (Å²) in [6.45, 7) is 3.56. The zero-order valence-electron chi connectivity index (χ0n) is 17.2. The van der Waals surface area contributed by atoms with E-state index in [-0.39, 0.29) is 13.2 Å². The minimum atomic E-state index is -1.61. The number of aliphatic hydroxyl groups is 1. The van der Waals surface area contributed by atoms with E-state index in [0.29, 0.717) is 5.75 Å². The molecular formula is C20H26O10. The van der Waals surface area contributed by atoms with Crippen LogP contribution in [0.4, 0.5) is 0 Å². The van der Waals surface area contributed by atoms with Gasteiger partial charge in [-0.25, -0.2) is 0 Å². The lowest BCUT2D eigenvalue weighted by atomic mass is 9.98. The highest BCUT2D eigenvalue weighted by Gasteiger charge is 2.51. The highest BCUT2D eigenvalue weighted by atomic mass is 16.7. The Balaban J connectivity index is 2.13. The molecule has 166 valence electrons. The van der Waals surface area contributed by atoms with Gasteiger partial charge in [-0.1, -0.05) is 12.1 Å². The van der Waals surface area contributed by atoms with Crippen molar-refractivity contribution in [2.75, 3.05) is 13.7 Å².